The number of alkyl halides is 1. The molecule has 144 valence electrons. The number of methoxy groups -OCH3 is 1. The van der Waals surface area contributed by atoms with Gasteiger partial charge in [-0.2, -0.15) is 0 Å². The number of anilines is 1. The molecule has 11 heteroatoms. The highest BCUT2D eigenvalue weighted by Crippen LogP contribution is 2.27. The summed E-state index contributed by atoms with van der Waals surface area (Å²) in [6, 6.07) is 4.84. The molecule has 0 aliphatic carbocycles. The molecule has 8 nitrogen and oxygen atoms in total. The third-order valence-electron chi connectivity index (χ3n) is 3.54. The molecule has 0 bridgehead atoms. The Kier molecular flexibility index (Phi) is 7.85. The summed E-state index contributed by atoms with van der Waals surface area (Å²) in [5, 5.41) is 3.14. The third-order valence-corrected chi connectivity index (χ3v) is 5.22. The fourth-order valence-corrected chi connectivity index (χ4v) is 3.52. The zero-order chi connectivity index (χ0) is 20.1. The number of nitrogens with one attached hydrogen (secondary N) is 1. The van der Waals surface area contributed by atoms with E-state index in [4.69, 9.17) is 16.3 Å². The second kappa shape index (κ2) is 9.68. The standard InChI is InChI=1S/C16H15ClI2N4O4/c1-22(13(25)6-18)16(26)14-15(19)20-8-23(14)7-12(24)21-10-5-9(17)3-4-11(10)27-2/h3-5,8H,6-7H2,1-2H3,(H,21,24). The topological polar surface area (TPSA) is 93.5 Å². The van der Waals surface area contributed by atoms with Crippen LogP contribution in [0, 0.1) is 3.70 Å². The van der Waals surface area contributed by atoms with Gasteiger partial charge in [-0.05, 0) is 40.8 Å². The minimum absolute atomic E-state index is 0.166. The largest absolute Gasteiger partial charge is 0.495 e. The number of aromatic nitrogens is 2. The van der Waals surface area contributed by atoms with Gasteiger partial charge in [-0.25, -0.2) is 4.98 Å². The first-order chi connectivity index (χ1) is 12.8. The molecule has 0 saturated carbocycles. The van der Waals surface area contributed by atoms with Crippen LogP contribution in [0.1, 0.15) is 10.5 Å². The Morgan fingerprint density at radius 1 is 1.37 bits per heavy atom. The van der Waals surface area contributed by atoms with Gasteiger partial charge in [0.15, 0.2) is 0 Å². The summed E-state index contributed by atoms with van der Waals surface area (Å²) in [5.74, 6) is -0.804. The van der Waals surface area contributed by atoms with Gasteiger partial charge in [0.05, 0.1) is 23.6 Å². The summed E-state index contributed by atoms with van der Waals surface area (Å²) >= 11 is 9.73. The van der Waals surface area contributed by atoms with Crippen molar-refractivity contribution in [2.75, 3.05) is 23.9 Å². The number of benzene rings is 1. The molecule has 0 atom stereocenters. The maximum atomic E-state index is 12.6. The molecule has 0 aliphatic heterocycles. The summed E-state index contributed by atoms with van der Waals surface area (Å²) in [6.45, 7) is -0.168. The minimum Gasteiger partial charge on any atom is -0.495 e. The van der Waals surface area contributed by atoms with Crippen LogP contribution in [0.3, 0.4) is 0 Å². The zero-order valence-electron chi connectivity index (χ0n) is 14.3. The normalized spacial score (nSPS) is 10.4. The fraction of sp³-hybridized carbons (Fsp3) is 0.250. The number of ether oxygens (including phenoxy) is 1. The van der Waals surface area contributed by atoms with Crippen LogP contribution in [0.4, 0.5) is 5.69 Å². The fourth-order valence-electron chi connectivity index (χ4n) is 2.17. The number of imidazole rings is 1. The Balaban J connectivity index is 2.21. The van der Waals surface area contributed by atoms with Crippen LogP contribution in [-0.2, 0) is 16.1 Å². The van der Waals surface area contributed by atoms with Crippen molar-refractivity contribution >= 4 is 80.2 Å². The van der Waals surface area contributed by atoms with Crippen molar-refractivity contribution in [3.8, 4) is 5.75 Å². The SMILES string of the molecule is COc1ccc(Cl)cc1NC(=O)Cn1cnc(I)c1C(=O)N(C)C(=O)CI. The molecule has 0 unspecified atom stereocenters. The Morgan fingerprint density at radius 2 is 2.07 bits per heavy atom. The molecule has 1 N–H and O–H groups in total. The number of rotatable bonds is 6. The average molecular weight is 617 g/mol. The number of imide groups is 1. The second-order valence-corrected chi connectivity index (χ2v) is 7.52. The Labute approximate surface area is 187 Å². The minimum atomic E-state index is -0.522. The van der Waals surface area contributed by atoms with E-state index in [0.29, 0.717) is 20.2 Å². The lowest BCUT2D eigenvalue weighted by molar-refractivity contribution is -0.124. The molecular formula is C16H15ClI2N4O4. The van der Waals surface area contributed by atoms with Gasteiger partial charge < -0.3 is 14.6 Å². The molecule has 0 radical (unpaired) electrons. The Hall–Kier alpha value is -1.41. The average Bonchev–Trinajstić information content (AvgIpc) is 2.99. The van der Waals surface area contributed by atoms with Crippen LogP contribution in [0.15, 0.2) is 24.5 Å². The van der Waals surface area contributed by atoms with Crippen molar-refractivity contribution in [2.24, 2.45) is 0 Å². The van der Waals surface area contributed by atoms with Gasteiger partial charge in [-0.3, -0.25) is 19.3 Å². The van der Waals surface area contributed by atoms with E-state index in [0.717, 1.165) is 4.90 Å². The Bertz CT molecular complexity index is 887. The van der Waals surface area contributed by atoms with E-state index in [1.807, 2.05) is 45.2 Å². The second-order valence-electron chi connectivity index (χ2n) is 5.30. The van der Waals surface area contributed by atoms with Crippen LogP contribution < -0.4 is 10.1 Å². The summed E-state index contributed by atoms with van der Waals surface area (Å²) in [4.78, 5) is 41.9. The van der Waals surface area contributed by atoms with E-state index in [-0.39, 0.29) is 22.6 Å². The third kappa shape index (κ3) is 5.31. The predicted octanol–water partition coefficient (Wildman–Crippen LogP) is 2.82. The number of amides is 3. The van der Waals surface area contributed by atoms with Gasteiger partial charge >= 0.3 is 0 Å². The highest BCUT2D eigenvalue weighted by Gasteiger charge is 2.25. The molecule has 27 heavy (non-hydrogen) atoms. The number of halogens is 3. The van der Waals surface area contributed by atoms with Crippen LogP contribution in [0.25, 0.3) is 0 Å². The van der Waals surface area contributed by atoms with E-state index in [1.54, 1.807) is 18.2 Å². The summed E-state index contributed by atoms with van der Waals surface area (Å²) in [6.07, 6.45) is 1.38. The van der Waals surface area contributed by atoms with Gasteiger partial charge in [0.25, 0.3) is 5.91 Å². The predicted molar refractivity (Wildman–Crippen MR) is 118 cm³/mol. The van der Waals surface area contributed by atoms with Gasteiger partial charge in [0, 0.05) is 12.1 Å². The first-order valence-electron chi connectivity index (χ1n) is 7.49. The van der Waals surface area contributed by atoms with E-state index in [9.17, 15) is 14.4 Å². The van der Waals surface area contributed by atoms with Gasteiger partial charge in [-0.1, -0.05) is 34.2 Å². The van der Waals surface area contributed by atoms with Gasteiger partial charge in [-0.15, -0.1) is 0 Å². The molecule has 2 rings (SSSR count). The van der Waals surface area contributed by atoms with Crippen molar-refractivity contribution in [2.45, 2.75) is 6.54 Å². The lowest BCUT2D eigenvalue weighted by Crippen LogP contribution is -2.36. The number of hydrogen-bond acceptors (Lipinski definition) is 5. The van der Waals surface area contributed by atoms with Crippen LogP contribution in [0.5, 0.6) is 5.75 Å². The molecular weight excluding hydrogens is 601 g/mol. The van der Waals surface area contributed by atoms with Gasteiger partial charge in [0.2, 0.25) is 11.8 Å². The molecule has 3 amide bonds. The van der Waals surface area contributed by atoms with Crippen molar-refractivity contribution in [1.29, 1.82) is 0 Å². The quantitative estimate of drug-likeness (QED) is 0.398. The highest BCUT2D eigenvalue weighted by molar-refractivity contribution is 14.1. The molecule has 1 aromatic heterocycles. The van der Waals surface area contributed by atoms with Gasteiger partial charge in [0.1, 0.15) is 21.7 Å². The van der Waals surface area contributed by atoms with Crippen molar-refractivity contribution < 1.29 is 19.1 Å². The number of carbonyl (C=O) groups is 3. The number of nitrogens with zero attached hydrogens (tertiary/aromatic N) is 3. The summed E-state index contributed by atoms with van der Waals surface area (Å²) in [7, 11) is 2.88. The smallest absolute Gasteiger partial charge is 0.279 e. The van der Waals surface area contributed by atoms with E-state index >= 15 is 0 Å². The first kappa shape index (κ1) is 21.9. The molecule has 2 aromatic rings. The molecule has 0 aliphatic rings. The molecule has 0 fully saturated rings. The molecule has 0 saturated heterocycles. The lowest BCUT2D eigenvalue weighted by atomic mass is 10.3. The van der Waals surface area contributed by atoms with Crippen LogP contribution in [-0.4, -0.2) is 50.8 Å². The molecule has 1 aromatic carbocycles. The zero-order valence-corrected chi connectivity index (χ0v) is 19.4. The summed E-state index contributed by atoms with van der Waals surface area (Å²) in [5.41, 5.74) is 0.583. The number of hydrogen-bond donors (Lipinski definition) is 1. The van der Waals surface area contributed by atoms with Crippen molar-refractivity contribution in [1.82, 2.24) is 14.5 Å². The van der Waals surface area contributed by atoms with E-state index in [2.05, 4.69) is 10.3 Å². The monoisotopic (exact) mass is 616 g/mol. The summed E-state index contributed by atoms with van der Waals surface area (Å²) < 4.78 is 7.16. The first-order valence-corrected chi connectivity index (χ1v) is 10.5. The van der Waals surface area contributed by atoms with E-state index < -0.39 is 11.8 Å². The highest BCUT2D eigenvalue weighted by atomic mass is 127. The van der Waals surface area contributed by atoms with Crippen LogP contribution >= 0.6 is 56.8 Å². The number of carbonyl (C=O) groups excluding carboxylic acids is 3. The van der Waals surface area contributed by atoms with Crippen LogP contribution in [0.2, 0.25) is 5.02 Å². The lowest BCUT2D eigenvalue weighted by Gasteiger charge is -2.16. The molecule has 0 spiro atoms. The maximum absolute atomic E-state index is 12.6. The Morgan fingerprint density at radius 3 is 2.70 bits per heavy atom. The van der Waals surface area contributed by atoms with E-state index in [1.165, 1.54) is 25.1 Å². The van der Waals surface area contributed by atoms with Crippen molar-refractivity contribution in [3.05, 3.63) is 38.9 Å². The molecule has 1 heterocycles. The maximum Gasteiger partial charge on any atom is 0.279 e. The van der Waals surface area contributed by atoms with Crippen molar-refractivity contribution in [3.63, 3.8) is 0 Å².